The molecule has 8 aromatic rings. The van der Waals surface area contributed by atoms with Gasteiger partial charge in [-0.05, 0) is 68.7 Å². The lowest BCUT2D eigenvalue weighted by atomic mass is 9.70. The highest BCUT2D eigenvalue weighted by atomic mass is 16.3. The van der Waals surface area contributed by atoms with E-state index in [2.05, 4.69) is 114 Å². The first-order chi connectivity index (χ1) is 26.5. The molecular weight excluding hydrogens is 651 g/mol. The van der Waals surface area contributed by atoms with Gasteiger partial charge in [0.2, 0.25) is 0 Å². The predicted octanol–water partition coefficient (Wildman–Crippen LogP) is 11.5. The summed E-state index contributed by atoms with van der Waals surface area (Å²) in [6.45, 7) is 0.206. The van der Waals surface area contributed by atoms with Gasteiger partial charge in [-0.15, -0.1) is 11.9 Å². The number of furan rings is 1. The molecule has 0 saturated heterocycles. The minimum Gasteiger partial charge on any atom is -0.456 e. The van der Waals surface area contributed by atoms with Crippen molar-refractivity contribution in [3.63, 3.8) is 0 Å². The molecule has 0 N–H and O–H groups in total. The van der Waals surface area contributed by atoms with Gasteiger partial charge in [0.15, 0.2) is 0 Å². The Bertz CT molecular complexity index is 2720. The maximum atomic E-state index is 7.15. The number of anilines is 2. The van der Waals surface area contributed by atoms with Crippen LogP contribution in [0.5, 0.6) is 0 Å². The molecule has 8 rings (SSSR count). The number of rotatable bonds is 9. The number of para-hydroxylation sites is 1. The molecule has 248 valence electrons. The van der Waals surface area contributed by atoms with Gasteiger partial charge in [-0.1, -0.05) is 163 Å². The monoisotopic (exact) mass is 683 g/mol. The highest BCUT2D eigenvalue weighted by molar-refractivity contribution is 6.41. The molecule has 0 bridgehead atoms. The van der Waals surface area contributed by atoms with Gasteiger partial charge in [0.1, 0.15) is 34.7 Å². The molecule has 2 nitrogen and oxygen atoms in total. The Morgan fingerprint density at radius 2 is 1.07 bits per heavy atom. The summed E-state index contributed by atoms with van der Waals surface area (Å²) in [5.41, 5.74) is 12.1. The van der Waals surface area contributed by atoms with Crippen LogP contribution in [0.15, 0.2) is 197 Å². The second-order valence-corrected chi connectivity index (χ2v) is 13.0. The third kappa shape index (κ3) is 6.49. The van der Waals surface area contributed by atoms with Crippen molar-refractivity contribution in [2.45, 2.75) is 0 Å². The van der Waals surface area contributed by atoms with Crippen LogP contribution in [0.1, 0.15) is 5.56 Å². The van der Waals surface area contributed by atoms with Crippen LogP contribution in [0, 0.1) is 12.3 Å². The number of allylic oxidation sites excluding steroid dienone is 3. The van der Waals surface area contributed by atoms with Crippen molar-refractivity contribution in [3.8, 4) is 45.7 Å². The van der Waals surface area contributed by atoms with Crippen LogP contribution >= 0.6 is 0 Å². The zero-order valence-electron chi connectivity index (χ0n) is 29.6. The summed E-state index contributed by atoms with van der Waals surface area (Å²) in [6.07, 6.45) is 5.88. The third-order valence-corrected chi connectivity index (χ3v) is 9.80. The lowest BCUT2D eigenvalue weighted by Crippen LogP contribution is -2.23. The van der Waals surface area contributed by atoms with Gasteiger partial charge in [0, 0.05) is 23.2 Å². The molecule has 0 aliphatic carbocycles. The van der Waals surface area contributed by atoms with E-state index in [0.717, 1.165) is 72.3 Å². The highest BCUT2D eigenvalue weighted by Crippen LogP contribution is 2.48. The van der Waals surface area contributed by atoms with Crippen LogP contribution in [0.3, 0.4) is 0 Å². The van der Waals surface area contributed by atoms with Gasteiger partial charge in [0.25, 0.3) is 0 Å². The van der Waals surface area contributed by atoms with Crippen molar-refractivity contribution in [1.29, 1.82) is 0 Å². The Hall–Kier alpha value is -6.63. The standard InChI is InChI=1S/C49H32B3NO/c1-2-40(50)46(35-22-10-5-11-23-35)49(52)41(51)32-53(43-29-17-31-45-48(43)39-26-14-15-30-44(39)54-45)42-28-16-27-37(34-20-8-4-9-21-34)47(42)38-25-13-12-24-36(38)33-18-6-3-7-19-33/h1,3-31H,32H2/b46-40+,49-41-. The van der Waals surface area contributed by atoms with E-state index >= 15 is 0 Å². The summed E-state index contributed by atoms with van der Waals surface area (Å²) in [5, 5.41) is 1.96. The number of terminal acetylenes is 1. The predicted molar refractivity (Wildman–Crippen MR) is 230 cm³/mol. The summed E-state index contributed by atoms with van der Waals surface area (Å²) in [5.74, 6) is 2.60. The van der Waals surface area contributed by atoms with Crippen molar-refractivity contribution in [2.24, 2.45) is 0 Å². The van der Waals surface area contributed by atoms with Crippen LogP contribution in [0.2, 0.25) is 0 Å². The lowest BCUT2D eigenvalue weighted by molar-refractivity contribution is 0.669. The maximum absolute atomic E-state index is 7.15. The quantitative estimate of drug-likeness (QED) is 0.0856. The smallest absolute Gasteiger partial charge is 0.137 e. The molecule has 0 amide bonds. The Kier molecular flexibility index (Phi) is 9.67. The topological polar surface area (TPSA) is 16.4 Å². The van der Waals surface area contributed by atoms with E-state index in [1.165, 1.54) is 0 Å². The SMILES string of the molecule is [B]/C(CN(c1cccc(-c2ccccc2)c1-c1ccccc1-c1ccccc1)c1cccc2oc3ccccc3c12)=C([B])/C(=C(/[B])C#C)c1ccccc1. The molecule has 0 aliphatic heterocycles. The molecule has 7 aromatic carbocycles. The second kappa shape index (κ2) is 15.2. The fraction of sp³-hybridized carbons (Fsp3) is 0.0204. The molecule has 1 heterocycles. The van der Waals surface area contributed by atoms with E-state index in [1.54, 1.807) is 0 Å². The summed E-state index contributed by atoms with van der Waals surface area (Å²) in [6, 6.07) is 59.8. The minimum atomic E-state index is 0.206. The van der Waals surface area contributed by atoms with Crippen molar-refractivity contribution in [2.75, 3.05) is 11.4 Å². The fourth-order valence-electron chi connectivity index (χ4n) is 7.31. The van der Waals surface area contributed by atoms with E-state index in [9.17, 15) is 0 Å². The molecule has 5 heteroatoms. The maximum Gasteiger partial charge on any atom is 0.137 e. The van der Waals surface area contributed by atoms with E-state index < -0.39 is 0 Å². The van der Waals surface area contributed by atoms with Gasteiger partial charge >= 0.3 is 0 Å². The number of hydrogen-bond donors (Lipinski definition) is 0. The summed E-state index contributed by atoms with van der Waals surface area (Å²) >= 11 is 0. The van der Waals surface area contributed by atoms with Gasteiger partial charge in [0.05, 0.1) is 11.1 Å². The molecule has 54 heavy (non-hydrogen) atoms. The van der Waals surface area contributed by atoms with Gasteiger partial charge in [-0.3, -0.25) is 0 Å². The zero-order valence-corrected chi connectivity index (χ0v) is 29.6. The third-order valence-electron chi connectivity index (χ3n) is 9.80. The van der Waals surface area contributed by atoms with E-state index in [1.807, 2.05) is 72.8 Å². The Morgan fingerprint density at radius 3 is 1.78 bits per heavy atom. The lowest BCUT2D eigenvalue weighted by Gasteiger charge is -2.31. The normalized spacial score (nSPS) is 12.2. The fourth-order valence-corrected chi connectivity index (χ4v) is 7.31. The molecule has 6 radical (unpaired) electrons. The van der Waals surface area contributed by atoms with Crippen LogP contribution in [-0.2, 0) is 0 Å². The van der Waals surface area contributed by atoms with Crippen LogP contribution in [0.25, 0.3) is 60.9 Å². The summed E-state index contributed by atoms with van der Waals surface area (Å²) in [4.78, 5) is 2.24. The van der Waals surface area contributed by atoms with Gasteiger partial charge in [-0.25, -0.2) is 0 Å². The molecule has 0 unspecified atom stereocenters. The molecular formula is C49H32B3NO. The molecule has 0 spiro atoms. The second-order valence-electron chi connectivity index (χ2n) is 13.0. The minimum absolute atomic E-state index is 0.206. The molecule has 0 atom stereocenters. The van der Waals surface area contributed by atoms with Crippen molar-refractivity contribution >= 4 is 62.4 Å². The van der Waals surface area contributed by atoms with E-state index in [4.69, 9.17) is 34.4 Å². The Labute approximate surface area is 320 Å². The Balaban J connectivity index is 1.44. The first-order valence-corrected chi connectivity index (χ1v) is 17.8. The van der Waals surface area contributed by atoms with Crippen LogP contribution < -0.4 is 4.90 Å². The number of hydrogen-bond acceptors (Lipinski definition) is 2. The molecule has 0 saturated carbocycles. The van der Waals surface area contributed by atoms with Crippen LogP contribution in [0.4, 0.5) is 11.4 Å². The zero-order chi connectivity index (χ0) is 37.0. The molecule has 0 aliphatic rings. The number of benzene rings is 7. The van der Waals surface area contributed by atoms with E-state index in [0.29, 0.717) is 16.5 Å². The number of fused-ring (bicyclic) bond motifs is 3. The average Bonchev–Trinajstić information content (AvgIpc) is 3.63. The summed E-state index contributed by atoms with van der Waals surface area (Å²) < 4.78 is 6.42. The number of nitrogens with zero attached hydrogens (tertiary/aromatic N) is 1. The van der Waals surface area contributed by atoms with Crippen molar-refractivity contribution < 1.29 is 4.42 Å². The van der Waals surface area contributed by atoms with E-state index in [-0.39, 0.29) is 12.0 Å². The summed E-state index contributed by atoms with van der Waals surface area (Å²) in [7, 11) is 20.6. The average molecular weight is 683 g/mol. The Morgan fingerprint density at radius 1 is 0.537 bits per heavy atom. The first kappa shape index (κ1) is 34.5. The van der Waals surface area contributed by atoms with Crippen molar-refractivity contribution in [3.05, 3.63) is 198 Å². The first-order valence-electron chi connectivity index (χ1n) is 17.8. The van der Waals surface area contributed by atoms with Gasteiger partial charge in [-0.2, -0.15) is 0 Å². The molecule has 1 aromatic heterocycles. The molecule has 0 fully saturated rings. The van der Waals surface area contributed by atoms with Gasteiger partial charge < -0.3 is 9.32 Å². The largest absolute Gasteiger partial charge is 0.456 e. The van der Waals surface area contributed by atoms with Crippen LogP contribution in [-0.4, -0.2) is 30.1 Å². The highest BCUT2D eigenvalue weighted by Gasteiger charge is 2.25. The van der Waals surface area contributed by atoms with Crippen molar-refractivity contribution in [1.82, 2.24) is 0 Å².